The van der Waals surface area contributed by atoms with E-state index in [1.165, 1.54) is 11.1 Å². The maximum atomic E-state index is 5.46. The maximum absolute atomic E-state index is 5.46. The molecule has 0 aromatic heterocycles. The largest absolute Gasteiger partial charge is 0.496 e. The van der Waals surface area contributed by atoms with Crippen LogP contribution in [0.3, 0.4) is 0 Å². The molecule has 2 aromatic carbocycles. The van der Waals surface area contributed by atoms with Crippen LogP contribution in [0, 0.1) is 0 Å². The second kappa shape index (κ2) is 8.93. The van der Waals surface area contributed by atoms with Gasteiger partial charge in [0.05, 0.1) is 14.2 Å². The maximum Gasteiger partial charge on any atom is 0.122 e. The third-order valence-corrected chi connectivity index (χ3v) is 5.55. The Kier molecular flexibility index (Phi) is 6.92. The zero-order chi connectivity index (χ0) is 16.7. The summed E-state index contributed by atoms with van der Waals surface area (Å²) in [5, 5.41) is 0. The first-order valence-electron chi connectivity index (χ1n) is 8.14. The van der Waals surface area contributed by atoms with Gasteiger partial charge in [-0.15, -0.1) is 8.58 Å². The average molecular weight is 330 g/mol. The third kappa shape index (κ3) is 5.25. The molecule has 0 aliphatic rings. The van der Waals surface area contributed by atoms with Crippen LogP contribution in [0.15, 0.2) is 48.5 Å². The van der Waals surface area contributed by atoms with Crippen LogP contribution in [0.25, 0.3) is 0 Å². The van der Waals surface area contributed by atoms with Gasteiger partial charge in [-0.25, -0.2) is 0 Å². The summed E-state index contributed by atoms with van der Waals surface area (Å²) in [6.07, 6.45) is 2.14. The summed E-state index contributed by atoms with van der Waals surface area (Å²) in [5.41, 5.74) is 3.91. The fourth-order valence-corrected chi connectivity index (χ4v) is 4.65. The van der Waals surface area contributed by atoms with Crippen LogP contribution in [0.5, 0.6) is 11.5 Å². The molecule has 0 N–H and O–H groups in total. The summed E-state index contributed by atoms with van der Waals surface area (Å²) in [6.45, 7) is 4.67. The van der Waals surface area contributed by atoms with Gasteiger partial charge in [-0.05, 0) is 47.4 Å². The lowest BCUT2D eigenvalue weighted by Gasteiger charge is -2.20. The molecule has 2 nitrogen and oxygen atoms in total. The molecule has 2 aromatic rings. The Labute approximate surface area is 142 Å². The van der Waals surface area contributed by atoms with Crippen molar-refractivity contribution < 1.29 is 9.47 Å². The highest BCUT2D eigenvalue weighted by atomic mass is 31.1. The molecular weight excluding hydrogens is 303 g/mol. The van der Waals surface area contributed by atoms with Gasteiger partial charge in [0.1, 0.15) is 11.5 Å². The van der Waals surface area contributed by atoms with E-state index in [1.807, 2.05) is 24.3 Å². The highest BCUT2D eigenvalue weighted by molar-refractivity contribution is 7.39. The van der Waals surface area contributed by atoms with E-state index in [0.29, 0.717) is 11.3 Å². The first-order valence-corrected chi connectivity index (χ1v) is 9.29. The Bertz CT molecular complexity index is 559. The molecule has 0 spiro atoms. The summed E-state index contributed by atoms with van der Waals surface area (Å²) < 4.78 is 10.9. The number of ether oxygens (including phenoxy) is 2. The first-order chi connectivity index (χ1) is 11.1. The Morgan fingerprint density at radius 3 is 1.52 bits per heavy atom. The Hall–Kier alpha value is -1.53. The normalized spacial score (nSPS) is 13.9. The van der Waals surface area contributed by atoms with Crippen molar-refractivity contribution in [1.29, 1.82) is 0 Å². The molecule has 0 bridgehead atoms. The second-order valence-electron chi connectivity index (χ2n) is 6.00. The molecule has 0 saturated carbocycles. The summed E-state index contributed by atoms with van der Waals surface area (Å²) in [7, 11) is 4.41. The lowest BCUT2D eigenvalue weighted by molar-refractivity contribution is 0.409. The molecule has 0 aliphatic heterocycles. The van der Waals surface area contributed by atoms with Crippen LogP contribution in [-0.4, -0.2) is 25.5 Å². The van der Waals surface area contributed by atoms with Crippen molar-refractivity contribution in [2.75, 3.05) is 14.2 Å². The van der Waals surface area contributed by atoms with E-state index in [0.717, 1.165) is 32.9 Å². The molecule has 124 valence electrons. The van der Waals surface area contributed by atoms with Gasteiger partial charge in [0.25, 0.3) is 0 Å². The third-order valence-electron chi connectivity index (χ3n) is 4.01. The first kappa shape index (κ1) is 17.8. The van der Waals surface area contributed by atoms with Crippen molar-refractivity contribution in [3.8, 4) is 11.5 Å². The lowest BCUT2D eigenvalue weighted by atomic mass is 10.1. The van der Waals surface area contributed by atoms with E-state index in [9.17, 15) is 0 Å². The smallest absolute Gasteiger partial charge is 0.122 e. The van der Waals surface area contributed by atoms with Crippen molar-refractivity contribution in [1.82, 2.24) is 0 Å². The topological polar surface area (TPSA) is 18.5 Å². The van der Waals surface area contributed by atoms with E-state index in [1.54, 1.807) is 14.2 Å². The minimum absolute atomic E-state index is 0.649. The van der Waals surface area contributed by atoms with Crippen LogP contribution < -0.4 is 9.47 Å². The van der Waals surface area contributed by atoms with Gasteiger partial charge in [0, 0.05) is 0 Å². The van der Waals surface area contributed by atoms with E-state index in [2.05, 4.69) is 38.1 Å². The molecule has 0 radical (unpaired) electrons. The van der Waals surface area contributed by atoms with E-state index in [-0.39, 0.29) is 0 Å². The SMILES string of the molecule is COc1ccccc1CC(C)PC(C)Cc1ccccc1OC. The molecule has 0 saturated heterocycles. The van der Waals surface area contributed by atoms with E-state index < -0.39 is 0 Å². The minimum Gasteiger partial charge on any atom is -0.496 e. The minimum atomic E-state index is 0.649. The molecule has 2 unspecified atom stereocenters. The average Bonchev–Trinajstić information content (AvgIpc) is 2.55. The number of benzene rings is 2. The van der Waals surface area contributed by atoms with Crippen molar-refractivity contribution >= 4 is 8.58 Å². The van der Waals surface area contributed by atoms with Gasteiger partial charge in [0.2, 0.25) is 0 Å². The molecule has 0 aliphatic carbocycles. The quantitative estimate of drug-likeness (QED) is 0.638. The molecule has 23 heavy (non-hydrogen) atoms. The van der Waals surface area contributed by atoms with Crippen LogP contribution >= 0.6 is 8.58 Å². The Balaban J connectivity index is 1.93. The number of hydrogen-bond donors (Lipinski definition) is 0. The number of rotatable bonds is 8. The second-order valence-corrected chi connectivity index (χ2v) is 8.31. The van der Waals surface area contributed by atoms with Gasteiger partial charge in [-0.2, -0.15) is 0 Å². The van der Waals surface area contributed by atoms with Crippen molar-refractivity contribution in [3.05, 3.63) is 59.7 Å². The van der Waals surface area contributed by atoms with Gasteiger partial charge in [0.15, 0.2) is 0 Å². The molecular formula is C20H27O2P. The molecule has 2 rings (SSSR count). The van der Waals surface area contributed by atoms with Crippen molar-refractivity contribution in [2.24, 2.45) is 0 Å². The highest BCUT2D eigenvalue weighted by Gasteiger charge is 2.13. The number of hydrogen-bond acceptors (Lipinski definition) is 2. The fourth-order valence-electron chi connectivity index (χ4n) is 3.01. The predicted octanol–water partition coefficient (Wildman–Crippen LogP) is 4.94. The zero-order valence-electron chi connectivity index (χ0n) is 14.5. The number of para-hydroxylation sites is 2. The molecule has 2 atom stereocenters. The monoisotopic (exact) mass is 330 g/mol. The van der Waals surface area contributed by atoms with Crippen molar-refractivity contribution in [2.45, 2.75) is 38.0 Å². The van der Waals surface area contributed by atoms with Gasteiger partial charge >= 0.3 is 0 Å². The van der Waals surface area contributed by atoms with E-state index in [4.69, 9.17) is 9.47 Å². The fraction of sp³-hybridized carbons (Fsp3) is 0.400. The highest BCUT2D eigenvalue weighted by Crippen LogP contribution is 2.33. The zero-order valence-corrected chi connectivity index (χ0v) is 15.5. The van der Waals surface area contributed by atoms with Gasteiger partial charge in [-0.1, -0.05) is 50.2 Å². The van der Waals surface area contributed by atoms with Gasteiger partial charge in [-0.3, -0.25) is 0 Å². The predicted molar refractivity (Wildman–Crippen MR) is 101 cm³/mol. The van der Waals surface area contributed by atoms with E-state index >= 15 is 0 Å². The van der Waals surface area contributed by atoms with Gasteiger partial charge < -0.3 is 9.47 Å². The molecule has 3 heteroatoms. The van der Waals surface area contributed by atoms with Crippen LogP contribution in [0.1, 0.15) is 25.0 Å². The summed E-state index contributed by atoms with van der Waals surface area (Å²) in [4.78, 5) is 0. The summed E-state index contributed by atoms with van der Waals surface area (Å²) in [5.74, 6) is 2.00. The van der Waals surface area contributed by atoms with Crippen LogP contribution in [0.4, 0.5) is 0 Å². The number of methoxy groups -OCH3 is 2. The van der Waals surface area contributed by atoms with Crippen LogP contribution in [0.2, 0.25) is 0 Å². The Morgan fingerprint density at radius 1 is 0.739 bits per heavy atom. The lowest BCUT2D eigenvalue weighted by Crippen LogP contribution is -2.09. The summed E-state index contributed by atoms with van der Waals surface area (Å²) in [6, 6.07) is 16.7. The van der Waals surface area contributed by atoms with Crippen LogP contribution in [-0.2, 0) is 12.8 Å². The summed E-state index contributed by atoms with van der Waals surface area (Å²) >= 11 is 0. The van der Waals surface area contributed by atoms with Crippen molar-refractivity contribution in [3.63, 3.8) is 0 Å². The standard InChI is InChI=1S/C20H27O2P/c1-15(13-17-9-5-7-11-19(17)21-3)23-16(2)14-18-10-6-8-12-20(18)22-4/h5-12,15-16,23H,13-14H2,1-4H3. The molecule has 0 fully saturated rings. The molecule has 0 amide bonds. The molecule has 0 heterocycles. The Morgan fingerprint density at radius 2 is 1.13 bits per heavy atom.